The van der Waals surface area contributed by atoms with Gasteiger partial charge >= 0.3 is 0 Å². The molecule has 1 rings (SSSR count). The third-order valence-electron chi connectivity index (χ3n) is 1.47. The molecule has 1 heterocycles. The molecule has 1 saturated heterocycles. The molecule has 4 nitrogen and oxygen atoms in total. The summed E-state index contributed by atoms with van der Waals surface area (Å²) in [6.45, 7) is -0.487. The molecule has 0 aliphatic carbocycles. The zero-order valence-corrected chi connectivity index (χ0v) is 5.14. The van der Waals surface area contributed by atoms with Crippen LogP contribution in [-0.4, -0.2) is 46.6 Å². The van der Waals surface area contributed by atoms with Crippen LogP contribution >= 0.6 is 0 Å². The molecule has 4 atom stereocenters. The fourth-order valence-corrected chi connectivity index (χ4v) is 0.859. The van der Waals surface area contributed by atoms with E-state index in [-0.39, 0.29) is 0 Å². The molecule has 0 radical (unpaired) electrons. The van der Waals surface area contributed by atoms with E-state index in [0.717, 1.165) is 0 Å². The SMILES string of the molecule is OC[C@H]1OC(O)[C@@H](F)C1O. The average Bonchev–Trinajstić information content (AvgIpc) is 2.17. The smallest absolute Gasteiger partial charge is 0.189 e. The first kappa shape index (κ1) is 7.87. The topological polar surface area (TPSA) is 69.9 Å². The van der Waals surface area contributed by atoms with Crippen LogP contribution in [0.1, 0.15) is 0 Å². The van der Waals surface area contributed by atoms with Crippen molar-refractivity contribution in [3.05, 3.63) is 0 Å². The Kier molecular flexibility index (Phi) is 2.20. The molecular formula is C5H9FO4. The summed E-state index contributed by atoms with van der Waals surface area (Å²) in [7, 11) is 0. The van der Waals surface area contributed by atoms with E-state index < -0.39 is 31.3 Å². The van der Waals surface area contributed by atoms with Gasteiger partial charge in [-0.2, -0.15) is 0 Å². The average molecular weight is 152 g/mol. The van der Waals surface area contributed by atoms with Crippen molar-refractivity contribution in [3.8, 4) is 0 Å². The highest BCUT2D eigenvalue weighted by Crippen LogP contribution is 2.21. The van der Waals surface area contributed by atoms with Gasteiger partial charge in [0.1, 0.15) is 12.2 Å². The van der Waals surface area contributed by atoms with Crippen LogP contribution < -0.4 is 0 Å². The normalized spacial score (nSPS) is 48.0. The van der Waals surface area contributed by atoms with Crippen molar-refractivity contribution in [2.45, 2.75) is 24.7 Å². The van der Waals surface area contributed by atoms with Crippen LogP contribution in [0.2, 0.25) is 0 Å². The molecule has 0 aromatic rings. The summed E-state index contributed by atoms with van der Waals surface area (Å²) in [5.41, 5.74) is 0. The zero-order valence-electron chi connectivity index (χ0n) is 5.14. The molecule has 0 aromatic carbocycles. The van der Waals surface area contributed by atoms with Crippen LogP contribution in [0.4, 0.5) is 4.39 Å². The summed E-state index contributed by atoms with van der Waals surface area (Å²) >= 11 is 0. The van der Waals surface area contributed by atoms with Crippen LogP contribution in [0.5, 0.6) is 0 Å². The van der Waals surface area contributed by atoms with E-state index in [1.54, 1.807) is 0 Å². The predicted molar refractivity (Wildman–Crippen MR) is 28.9 cm³/mol. The molecule has 0 amide bonds. The van der Waals surface area contributed by atoms with Gasteiger partial charge in [-0.1, -0.05) is 0 Å². The first-order valence-electron chi connectivity index (χ1n) is 2.93. The highest BCUT2D eigenvalue weighted by atomic mass is 19.1. The Labute approximate surface area is 56.9 Å². The molecule has 1 aliphatic heterocycles. The quantitative estimate of drug-likeness (QED) is 0.423. The lowest BCUT2D eigenvalue weighted by molar-refractivity contribution is -0.121. The number of aliphatic hydroxyl groups excluding tert-OH is 3. The van der Waals surface area contributed by atoms with E-state index in [4.69, 9.17) is 15.3 Å². The number of alkyl halides is 1. The Morgan fingerprint density at radius 1 is 1.40 bits per heavy atom. The Bertz CT molecular complexity index is 120. The summed E-state index contributed by atoms with van der Waals surface area (Å²) in [6, 6.07) is 0. The monoisotopic (exact) mass is 152 g/mol. The molecule has 0 aromatic heterocycles. The lowest BCUT2D eigenvalue weighted by Gasteiger charge is -2.08. The predicted octanol–water partition coefficient (Wildman–Crippen LogP) is -1.61. The van der Waals surface area contributed by atoms with E-state index in [1.807, 2.05) is 0 Å². The maximum absolute atomic E-state index is 12.4. The first-order valence-corrected chi connectivity index (χ1v) is 2.93. The third-order valence-corrected chi connectivity index (χ3v) is 1.47. The first-order chi connectivity index (χ1) is 4.66. The van der Waals surface area contributed by atoms with Crippen LogP contribution in [0, 0.1) is 0 Å². The van der Waals surface area contributed by atoms with Gasteiger partial charge in [-0.25, -0.2) is 4.39 Å². The molecule has 10 heavy (non-hydrogen) atoms. The molecule has 1 aliphatic rings. The molecule has 0 spiro atoms. The van der Waals surface area contributed by atoms with E-state index in [1.165, 1.54) is 0 Å². The second kappa shape index (κ2) is 2.79. The number of ether oxygens (including phenoxy) is 1. The van der Waals surface area contributed by atoms with Crippen molar-refractivity contribution >= 4 is 0 Å². The van der Waals surface area contributed by atoms with E-state index in [0.29, 0.717) is 0 Å². The highest BCUT2D eigenvalue weighted by molar-refractivity contribution is 4.85. The minimum Gasteiger partial charge on any atom is -0.394 e. The van der Waals surface area contributed by atoms with Crippen molar-refractivity contribution < 1.29 is 24.4 Å². The summed E-state index contributed by atoms with van der Waals surface area (Å²) in [4.78, 5) is 0. The van der Waals surface area contributed by atoms with Crippen molar-refractivity contribution in [1.82, 2.24) is 0 Å². The summed E-state index contributed by atoms with van der Waals surface area (Å²) in [6.07, 6.45) is -5.82. The third kappa shape index (κ3) is 1.13. The minimum atomic E-state index is -1.81. The van der Waals surface area contributed by atoms with Crippen LogP contribution in [0.25, 0.3) is 0 Å². The number of hydrogen-bond donors (Lipinski definition) is 3. The van der Waals surface area contributed by atoms with Crippen molar-refractivity contribution in [2.75, 3.05) is 6.61 Å². The van der Waals surface area contributed by atoms with Gasteiger partial charge < -0.3 is 20.1 Å². The van der Waals surface area contributed by atoms with E-state index in [2.05, 4.69) is 4.74 Å². The molecule has 60 valence electrons. The van der Waals surface area contributed by atoms with Gasteiger partial charge in [-0.3, -0.25) is 0 Å². The van der Waals surface area contributed by atoms with Gasteiger partial charge in [0.15, 0.2) is 12.5 Å². The Morgan fingerprint density at radius 2 is 2.00 bits per heavy atom. The van der Waals surface area contributed by atoms with Crippen LogP contribution in [0.3, 0.4) is 0 Å². The number of hydrogen-bond acceptors (Lipinski definition) is 4. The van der Waals surface area contributed by atoms with Crippen molar-refractivity contribution in [2.24, 2.45) is 0 Å². The molecular weight excluding hydrogens is 143 g/mol. The standard InChI is InChI=1S/C5H9FO4/c6-3-4(8)2(1-7)10-5(3)9/h2-5,7-9H,1H2/t2-,3+,4?,5?/m1/s1. The molecule has 3 N–H and O–H groups in total. The number of aliphatic hydroxyl groups is 3. The van der Waals surface area contributed by atoms with Gasteiger partial charge in [0.25, 0.3) is 0 Å². The summed E-state index contributed by atoms with van der Waals surface area (Å²) in [5, 5.41) is 25.8. The fraction of sp³-hybridized carbons (Fsp3) is 1.00. The van der Waals surface area contributed by atoms with Gasteiger partial charge in [-0.05, 0) is 0 Å². The number of halogens is 1. The molecule has 0 saturated carbocycles. The van der Waals surface area contributed by atoms with Crippen molar-refractivity contribution in [1.29, 1.82) is 0 Å². The summed E-state index contributed by atoms with van der Waals surface area (Å²) in [5.74, 6) is 0. The lowest BCUT2D eigenvalue weighted by Crippen LogP contribution is -2.30. The van der Waals surface area contributed by atoms with Gasteiger partial charge in [0, 0.05) is 0 Å². The van der Waals surface area contributed by atoms with Crippen molar-refractivity contribution in [3.63, 3.8) is 0 Å². The molecule has 0 bridgehead atoms. The van der Waals surface area contributed by atoms with E-state index in [9.17, 15) is 4.39 Å². The Morgan fingerprint density at radius 3 is 2.20 bits per heavy atom. The minimum absolute atomic E-state index is 0.487. The Hall–Kier alpha value is -0.230. The second-order valence-corrected chi connectivity index (χ2v) is 2.18. The van der Waals surface area contributed by atoms with Crippen LogP contribution in [0.15, 0.2) is 0 Å². The largest absolute Gasteiger partial charge is 0.394 e. The summed E-state index contributed by atoms with van der Waals surface area (Å²) < 4.78 is 16.8. The number of rotatable bonds is 1. The highest BCUT2D eigenvalue weighted by Gasteiger charge is 2.42. The lowest BCUT2D eigenvalue weighted by atomic mass is 10.2. The van der Waals surface area contributed by atoms with Gasteiger partial charge in [0.2, 0.25) is 0 Å². The van der Waals surface area contributed by atoms with Gasteiger partial charge in [-0.15, -0.1) is 0 Å². The maximum atomic E-state index is 12.4. The maximum Gasteiger partial charge on any atom is 0.189 e. The molecule has 5 heteroatoms. The molecule has 1 fully saturated rings. The van der Waals surface area contributed by atoms with Gasteiger partial charge in [0.05, 0.1) is 6.61 Å². The Balaban J connectivity index is 2.53. The van der Waals surface area contributed by atoms with E-state index >= 15 is 0 Å². The second-order valence-electron chi connectivity index (χ2n) is 2.18. The zero-order chi connectivity index (χ0) is 7.72. The fourth-order valence-electron chi connectivity index (χ4n) is 0.859. The van der Waals surface area contributed by atoms with Crippen LogP contribution in [-0.2, 0) is 4.74 Å². The molecule has 2 unspecified atom stereocenters.